The van der Waals surface area contributed by atoms with Crippen molar-refractivity contribution in [2.24, 2.45) is 0 Å². The molecule has 0 bridgehead atoms. The van der Waals surface area contributed by atoms with Gasteiger partial charge in [0.15, 0.2) is 0 Å². The van der Waals surface area contributed by atoms with Crippen molar-refractivity contribution in [3.05, 3.63) is 70.2 Å². The molecule has 0 aliphatic heterocycles. The molecule has 0 saturated heterocycles. The second kappa shape index (κ2) is 5.77. The van der Waals surface area contributed by atoms with Gasteiger partial charge >= 0.3 is 0 Å². The van der Waals surface area contributed by atoms with Crippen LogP contribution in [-0.2, 0) is 13.1 Å². The highest BCUT2D eigenvalue weighted by molar-refractivity contribution is 6.30. The molecule has 2 heteroatoms. The minimum absolute atomic E-state index is 0.801. The van der Waals surface area contributed by atoms with Crippen molar-refractivity contribution in [1.82, 2.24) is 5.32 Å². The van der Waals surface area contributed by atoms with Crippen LogP contribution in [0.4, 0.5) is 0 Å². The Morgan fingerprint density at radius 2 is 1.63 bits per heavy atom. The van der Waals surface area contributed by atoms with Crippen LogP contribution in [0.2, 0.25) is 5.02 Å². The van der Waals surface area contributed by atoms with Crippen molar-refractivity contribution in [3.63, 3.8) is 0 Å². The molecule has 1 fully saturated rings. The predicted octanol–water partition coefficient (Wildman–Crippen LogP) is 4.51. The van der Waals surface area contributed by atoms with E-state index in [1.807, 2.05) is 18.2 Å². The summed E-state index contributed by atoms with van der Waals surface area (Å²) in [5, 5.41) is 4.27. The molecule has 1 nitrogen and oxygen atoms in total. The summed E-state index contributed by atoms with van der Waals surface area (Å²) in [5.41, 5.74) is 4.10. The third-order valence-electron chi connectivity index (χ3n) is 3.55. The van der Waals surface area contributed by atoms with Gasteiger partial charge in [0.25, 0.3) is 0 Å². The molecule has 2 aromatic carbocycles. The number of halogens is 1. The summed E-state index contributed by atoms with van der Waals surface area (Å²) in [6.07, 6.45) is 2.72. The molecule has 0 atom stereocenters. The zero-order valence-electron chi connectivity index (χ0n) is 10.9. The highest BCUT2D eigenvalue weighted by Gasteiger charge is 2.23. The first-order valence-corrected chi connectivity index (χ1v) is 7.23. The van der Waals surface area contributed by atoms with E-state index in [0.717, 1.165) is 24.0 Å². The van der Waals surface area contributed by atoms with Crippen LogP contribution >= 0.6 is 11.6 Å². The van der Waals surface area contributed by atoms with Crippen LogP contribution in [0.3, 0.4) is 0 Å². The van der Waals surface area contributed by atoms with E-state index < -0.39 is 0 Å². The van der Waals surface area contributed by atoms with Crippen molar-refractivity contribution in [2.45, 2.75) is 31.8 Å². The van der Waals surface area contributed by atoms with Crippen LogP contribution in [0.15, 0.2) is 48.5 Å². The van der Waals surface area contributed by atoms with Crippen molar-refractivity contribution in [2.75, 3.05) is 0 Å². The molecule has 3 rings (SSSR count). The maximum Gasteiger partial charge on any atom is 0.0409 e. The Balaban J connectivity index is 1.55. The molecule has 1 N–H and O–H groups in total. The fourth-order valence-corrected chi connectivity index (χ4v) is 2.58. The highest BCUT2D eigenvalue weighted by Crippen LogP contribution is 2.40. The summed E-state index contributed by atoms with van der Waals surface area (Å²) >= 11 is 5.98. The summed E-state index contributed by atoms with van der Waals surface area (Å²) < 4.78 is 0. The zero-order valence-corrected chi connectivity index (χ0v) is 11.7. The Labute approximate surface area is 119 Å². The molecule has 0 heterocycles. The lowest BCUT2D eigenvalue weighted by molar-refractivity contribution is 0.692. The number of rotatable bonds is 5. The average molecular weight is 272 g/mol. The number of benzene rings is 2. The SMILES string of the molecule is Clc1cccc(CNCc2cccc(C3CC3)c2)c1. The summed E-state index contributed by atoms with van der Waals surface area (Å²) in [5.74, 6) is 0.827. The first kappa shape index (κ1) is 12.7. The van der Waals surface area contributed by atoms with E-state index in [4.69, 9.17) is 11.6 Å². The van der Waals surface area contributed by atoms with Crippen molar-refractivity contribution >= 4 is 11.6 Å². The first-order chi connectivity index (χ1) is 9.31. The predicted molar refractivity (Wildman–Crippen MR) is 80.4 cm³/mol. The lowest BCUT2D eigenvalue weighted by Gasteiger charge is -2.07. The molecular weight excluding hydrogens is 254 g/mol. The second-order valence-corrected chi connectivity index (χ2v) is 5.69. The molecule has 0 radical (unpaired) electrons. The van der Waals surface area contributed by atoms with Crippen LogP contribution in [0.5, 0.6) is 0 Å². The Kier molecular flexibility index (Phi) is 3.86. The Bertz CT molecular complexity index is 561. The summed E-state index contributed by atoms with van der Waals surface area (Å²) in [4.78, 5) is 0. The van der Waals surface area contributed by atoms with Gasteiger partial charge in [0.2, 0.25) is 0 Å². The summed E-state index contributed by atoms with van der Waals surface area (Å²) in [7, 11) is 0. The van der Waals surface area contributed by atoms with Gasteiger partial charge in [-0.05, 0) is 47.6 Å². The second-order valence-electron chi connectivity index (χ2n) is 5.25. The molecule has 1 aliphatic rings. The minimum atomic E-state index is 0.801. The van der Waals surface area contributed by atoms with Gasteiger partial charge in [0.1, 0.15) is 0 Å². The van der Waals surface area contributed by atoms with Gasteiger partial charge in [-0.3, -0.25) is 0 Å². The van der Waals surface area contributed by atoms with Gasteiger partial charge in [-0.25, -0.2) is 0 Å². The van der Waals surface area contributed by atoms with Crippen molar-refractivity contribution in [1.29, 1.82) is 0 Å². The zero-order chi connectivity index (χ0) is 13.1. The first-order valence-electron chi connectivity index (χ1n) is 6.85. The maximum atomic E-state index is 5.98. The maximum absolute atomic E-state index is 5.98. The smallest absolute Gasteiger partial charge is 0.0409 e. The molecule has 0 aromatic heterocycles. The molecule has 0 amide bonds. The van der Waals surface area contributed by atoms with E-state index in [0.29, 0.717) is 0 Å². The minimum Gasteiger partial charge on any atom is -0.309 e. The Morgan fingerprint density at radius 1 is 0.947 bits per heavy atom. The molecule has 1 saturated carbocycles. The number of hydrogen-bond donors (Lipinski definition) is 1. The van der Waals surface area contributed by atoms with Gasteiger partial charge in [0.05, 0.1) is 0 Å². The normalized spacial score (nSPS) is 14.6. The van der Waals surface area contributed by atoms with Crippen LogP contribution in [0, 0.1) is 0 Å². The monoisotopic (exact) mass is 271 g/mol. The third kappa shape index (κ3) is 3.59. The van der Waals surface area contributed by atoms with Gasteiger partial charge in [-0.15, -0.1) is 0 Å². The van der Waals surface area contributed by atoms with E-state index in [-0.39, 0.29) is 0 Å². The van der Waals surface area contributed by atoms with E-state index in [2.05, 4.69) is 35.6 Å². The number of nitrogens with one attached hydrogen (secondary N) is 1. The van der Waals surface area contributed by atoms with Crippen molar-refractivity contribution in [3.8, 4) is 0 Å². The largest absolute Gasteiger partial charge is 0.309 e. The molecule has 1 aliphatic carbocycles. The standard InChI is InChI=1S/C17H18ClN/c18-17-6-2-4-14(10-17)12-19-11-13-3-1-5-16(9-13)15-7-8-15/h1-6,9-10,15,19H,7-8,11-12H2. The van der Waals surface area contributed by atoms with E-state index in [9.17, 15) is 0 Å². The number of hydrogen-bond acceptors (Lipinski definition) is 1. The summed E-state index contributed by atoms with van der Waals surface area (Å²) in [6.45, 7) is 1.77. The quantitative estimate of drug-likeness (QED) is 0.844. The van der Waals surface area contributed by atoms with Crippen LogP contribution in [0.1, 0.15) is 35.4 Å². The van der Waals surface area contributed by atoms with Crippen LogP contribution in [-0.4, -0.2) is 0 Å². The topological polar surface area (TPSA) is 12.0 Å². The van der Waals surface area contributed by atoms with Gasteiger partial charge in [-0.2, -0.15) is 0 Å². The highest BCUT2D eigenvalue weighted by atomic mass is 35.5. The lowest BCUT2D eigenvalue weighted by Crippen LogP contribution is -2.12. The van der Waals surface area contributed by atoms with E-state index >= 15 is 0 Å². The molecule has 19 heavy (non-hydrogen) atoms. The van der Waals surface area contributed by atoms with Crippen LogP contribution in [0.25, 0.3) is 0 Å². The molecular formula is C17H18ClN. The molecule has 0 unspecified atom stereocenters. The average Bonchev–Trinajstić information content (AvgIpc) is 3.23. The van der Waals surface area contributed by atoms with Gasteiger partial charge in [-0.1, -0.05) is 48.0 Å². The van der Waals surface area contributed by atoms with Gasteiger partial charge < -0.3 is 5.32 Å². The fraction of sp³-hybridized carbons (Fsp3) is 0.294. The Morgan fingerprint density at radius 3 is 2.32 bits per heavy atom. The third-order valence-corrected chi connectivity index (χ3v) is 3.78. The van der Waals surface area contributed by atoms with Crippen LogP contribution < -0.4 is 5.32 Å². The van der Waals surface area contributed by atoms with E-state index in [1.54, 1.807) is 0 Å². The lowest BCUT2D eigenvalue weighted by atomic mass is 10.1. The van der Waals surface area contributed by atoms with Gasteiger partial charge in [0, 0.05) is 18.1 Å². The molecule has 98 valence electrons. The fourth-order valence-electron chi connectivity index (χ4n) is 2.37. The molecule has 0 spiro atoms. The van der Waals surface area contributed by atoms with Crippen molar-refractivity contribution < 1.29 is 0 Å². The summed E-state index contributed by atoms with van der Waals surface area (Å²) in [6, 6.07) is 17.0. The Hall–Kier alpha value is -1.31. The molecule has 2 aromatic rings. The van der Waals surface area contributed by atoms with E-state index in [1.165, 1.54) is 29.5 Å².